The predicted octanol–water partition coefficient (Wildman–Crippen LogP) is 5.28. The third-order valence-electron chi connectivity index (χ3n) is 4.26. The molecule has 6 nitrogen and oxygen atoms in total. The van der Waals surface area contributed by atoms with Crippen LogP contribution in [0.25, 0.3) is 11.3 Å². The topological polar surface area (TPSA) is 77.1 Å². The SMILES string of the molecule is CCSC(=O)OCO/C(=C(/C#N)c1ccc(C(C)(C)C)cc1)c1cc(C)nn1C. The zero-order valence-corrected chi connectivity index (χ0v) is 18.6. The van der Waals surface area contributed by atoms with Gasteiger partial charge in [0.15, 0.2) is 5.76 Å². The van der Waals surface area contributed by atoms with Gasteiger partial charge in [0, 0.05) is 12.8 Å². The molecule has 0 spiro atoms. The van der Waals surface area contributed by atoms with E-state index in [0.29, 0.717) is 22.8 Å². The van der Waals surface area contributed by atoms with Gasteiger partial charge < -0.3 is 9.47 Å². The van der Waals surface area contributed by atoms with Crippen molar-refractivity contribution in [1.82, 2.24) is 9.78 Å². The number of nitrogens with zero attached hydrogens (tertiary/aromatic N) is 3. The van der Waals surface area contributed by atoms with Crippen LogP contribution in [0, 0.1) is 18.3 Å². The van der Waals surface area contributed by atoms with Gasteiger partial charge in [-0.15, -0.1) is 0 Å². The van der Waals surface area contributed by atoms with Crippen molar-refractivity contribution in [3.63, 3.8) is 0 Å². The second-order valence-electron chi connectivity index (χ2n) is 7.53. The highest BCUT2D eigenvalue weighted by Crippen LogP contribution is 2.30. The molecule has 1 aromatic carbocycles. The molecule has 0 aliphatic rings. The fourth-order valence-corrected chi connectivity index (χ4v) is 3.14. The number of benzene rings is 1. The van der Waals surface area contributed by atoms with Gasteiger partial charge in [-0.25, -0.2) is 4.79 Å². The third kappa shape index (κ3) is 5.88. The van der Waals surface area contributed by atoms with Crippen LogP contribution in [0.15, 0.2) is 30.3 Å². The second kappa shape index (κ2) is 9.66. The Balaban J connectivity index is 2.45. The molecule has 0 saturated carbocycles. The van der Waals surface area contributed by atoms with Crippen LogP contribution in [0.1, 0.15) is 50.2 Å². The van der Waals surface area contributed by atoms with Crippen molar-refractivity contribution in [2.24, 2.45) is 7.05 Å². The molecule has 1 heterocycles. The third-order valence-corrected chi connectivity index (χ3v) is 4.90. The molecule has 0 radical (unpaired) electrons. The van der Waals surface area contributed by atoms with E-state index in [4.69, 9.17) is 9.47 Å². The summed E-state index contributed by atoms with van der Waals surface area (Å²) in [6, 6.07) is 11.9. The first-order valence-corrected chi connectivity index (χ1v) is 10.3. The molecule has 0 N–H and O–H groups in total. The molecule has 0 amide bonds. The van der Waals surface area contributed by atoms with E-state index in [1.54, 1.807) is 11.7 Å². The first-order valence-electron chi connectivity index (χ1n) is 9.36. The number of hydrogen-bond acceptors (Lipinski definition) is 6. The Kier molecular flexibility index (Phi) is 7.52. The summed E-state index contributed by atoms with van der Waals surface area (Å²) in [5.41, 5.74) is 3.69. The van der Waals surface area contributed by atoms with Gasteiger partial charge in [0.25, 0.3) is 0 Å². The molecule has 0 bridgehead atoms. The monoisotopic (exact) mass is 413 g/mol. The molecule has 0 aliphatic heterocycles. The van der Waals surface area contributed by atoms with Crippen molar-refractivity contribution in [3.05, 3.63) is 52.8 Å². The predicted molar refractivity (Wildman–Crippen MR) is 116 cm³/mol. The maximum absolute atomic E-state index is 11.6. The minimum atomic E-state index is -0.416. The molecule has 0 fully saturated rings. The highest BCUT2D eigenvalue weighted by Gasteiger charge is 2.19. The summed E-state index contributed by atoms with van der Waals surface area (Å²) in [7, 11) is 1.78. The fraction of sp³-hybridized carbons (Fsp3) is 0.409. The average Bonchev–Trinajstić information content (AvgIpc) is 2.99. The van der Waals surface area contributed by atoms with Gasteiger partial charge in [-0.2, -0.15) is 10.4 Å². The van der Waals surface area contributed by atoms with E-state index in [-0.39, 0.29) is 12.2 Å². The molecular formula is C22H27N3O3S. The van der Waals surface area contributed by atoms with Gasteiger partial charge in [0.2, 0.25) is 6.79 Å². The minimum absolute atomic E-state index is 0.0126. The van der Waals surface area contributed by atoms with Gasteiger partial charge in [-0.1, -0.05) is 52.0 Å². The lowest BCUT2D eigenvalue weighted by atomic mass is 9.86. The van der Waals surface area contributed by atoms with Crippen molar-refractivity contribution < 1.29 is 14.3 Å². The Bertz CT molecular complexity index is 932. The van der Waals surface area contributed by atoms with Crippen molar-refractivity contribution in [3.8, 4) is 6.07 Å². The molecule has 0 saturated heterocycles. The Labute approximate surface area is 176 Å². The average molecular weight is 414 g/mol. The summed E-state index contributed by atoms with van der Waals surface area (Å²) >= 11 is 1.06. The molecule has 154 valence electrons. The van der Waals surface area contributed by atoms with Crippen LogP contribution in [-0.2, 0) is 21.9 Å². The van der Waals surface area contributed by atoms with Crippen molar-refractivity contribution >= 4 is 28.4 Å². The highest BCUT2D eigenvalue weighted by molar-refractivity contribution is 8.13. The Hall–Kier alpha value is -2.72. The number of ether oxygens (including phenoxy) is 2. The molecular weight excluding hydrogens is 386 g/mol. The first kappa shape index (κ1) is 22.6. The van der Waals surface area contributed by atoms with E-state index in [2.05, 4.69) is 31.9 Å². The fourth-order valence-electron chi connectivity index (χ4n) is 2.78. The van der Waals surface area contributed by atoms with Gasteiger partial charge in [-0.05, 0) is 41.3 Å². The second-order valence-corrected chi connectivity index (χ2v) is 8.73. The van der Waals surface area contributed by atoms with Crippen LogP contribution in [-0.4, -0.2) is 27.6 Å². The lowest BCUT2D eigenvalue weighted by molar-refractivity contribution is 0.0588. The summed E-state index contributed by atoms with van der Waals surface area (Å²) in [4.78, 5) is 11.6. The zero-order valence-electron chi connectivity index (χ0n) is 17.8. The van der Waals surface area contributed by atoms with E-state index in [1.165, 1.54) is 5.56 Å². The van der Waals surface area contributed by atoms with Crippen molar-refractivity contribution in [2.45, 2.75) is 40.0 Å². The quantitative estimate of drug-likeness (QED) is 0.277. The number of carbonyl (C=O) groups excluding carboxylic acids is 1. The van der Waals surface area contributed by atoms with Crippen LogP contribution in [0.2, 0.25) is 0 Å². The Morgan fingerprint density at radius 2 is 1.90 bits per heavy atom. The molecule has 7 heteroatoms. The number of hydrogen-bond donors (Lipinski definition) is 0. The van der Waals surface area contributed by atoms with Gasteiger partial charge >= 0.3 is 5.30 Å². The lowest BCUT2D eigenvalue weighted by Crippen LogP contribution is -2.11. The molecule has 0 aliphatic carbocycles. The number of rotatable bonds is 6. The number of allylic oxidation sites excluding steroid dienone is 1. The normalized spacial score (nSPS) is 12.2. The number of aryl methyl sites for hydroxylation is 2. The Morgan fingerprint density at radius 3 is 2.38 bits per heavy atom. The van der Waals surface area contributed by atoms with Crippen molar-refractivity contribution in [2.75, 3.05) is 12.5 Å². The van der Waals surface area contributed by atoms with Crippen LogP contribution in [0.5, 0.6) is 0 Å². The highest BCUT2D eigenvalue weighted by atomic mass is 32.2. The van der Waals surface area contributed by atoms with Crippen LogP contribution in [0.4, 0.5) is 4.79 Å². The van der Waals surface area contributed by atoms with Crippen molar-refractivity contribution in [1.29, 1.82) is 5.26 Å². The molecule has 1 aromatic heterocycles. The number of nitriles is 1. The first-order chi connectivity index (χ1) is 13.7. The standard InChI is InChI=1S/C22H27N3O3S/c1-7-29-21(26)28-14-27-20(19-12-15(2)24-25(19)6)18(13-23)16-8-10-17(11-9-16)22(3,4)5/h8-12H,7,14H2,1-6H3/b20-18-. The van der Waals surface area contributed by atoms with Crippen LogP contribution in [0.3, 0.4) is 0 Å². The summed E-state index contributed by atoms with van der Waals surface area (Å²) in [6.07, 6.45) is 0. The maximum atomic E-state index is 11.6. The van der Waals surface area contributed by atoms with Crippen LogP contribution >= 0.6 is 11.8 Å². The summed E-state index contributed by atoms with van der Waals surface area (Å²) in [5, 5.41) is 13.8. The lowest BCUT2D eigenvalue weighted by Gasteiger charge is -2.19. The summed E-state index contributed by atoms with van der Waals surface area (Å²) in [5.74, 6) is 0.944. The molecule has 2 aromatic rings. The van der Waals surface area contributed by atoms with E-state index in [1.807, 2.05) is 44.2 Å². The van der Waals surface area contributed by atoms with Gasteiger partial charge in [-0.3, -0.25) is 4.68 Å². The molecule has 2 rings (SSSR count). The maximum Gasteiger partial charge on any atom is 0.370 e. The molecule has 29 heavy (non-hydrogen) atoms. The largest absolute Gasteiger partial charge is 0.454 e. The smallest absolute Gasteiger partial charge is 0.370 e. The number of thioether (sulfide) groups is 1. The zero-order chi connectivity index (χ0) is 21.6. The number of carbonyl (C=O) groups is 1. The molecule has 0 unspecified atom stereocenters. The Morgan fingerprint density at radius 1 is 1.24 bits per heavy atom. The van der Waals surface area contributed by atoms with E-state index >= 15 is 0 Å². The van der Waals surface area contributed by atoms with E-state index < -0.39 is 5.30 Å². The minimum Gasteiger partial charge on any atom is -0.454 e. The number of aromatic nitrogens is 2. The molecule has 0 atom stereocenters. The van der Waals surface area contributed by atoms with Gasteiger partial charge in [0.1, 0.15) is 17.3 Å². The summed E-state index contributed by atoms with van der Waals surface area (Å²) < 4.78 is 12.5. The van der Waals surface area contributed by atoms with E-state index in [0.717, 1.165) is 23.0 Å². The van der Waals surface area contributed by atoms with E-state index in [9.17, 15) is 10.1 Å². The summed E-state index contributed by atoms with van der Waals surface area (Å²) in [6.45, 7) is 9.86. The van der Waals surface area contributed by atoms with Crippen LogP contribution < -0.4 is 0 Å². The van der Waals surface area contributed by atoms with Gasteiger partial charge in [0.05, 0.1) is 5.69 Å².